The second kappa shape index (κ2) is 8.99. The van der Waals surface area contributed by atoms with Gasteiger partial charge in [0.15, 0.2) is 6.61 Å². The molecule has 0 saturated heterocycles. The summed E-state index contributed by atoms with van der Waals surface area (Å²) in [5.41, 5.74) is 5.34. The Morgan fingerprint density at radius 3 is 2.57 bits per heavy atom. The Balaban J connectivity index is 2.71. The van der Waals surface area contributed by atoms with Gasteiger partial charge in [-0.15, -0.1) is 0 Å². The molecule has 1 aromatic carbocycles. The second-order valence-corrected chi connectivity index (χ2v) is 5.09. The first kappa shape index (κ1) is 18.8. The molecule has 7 nitrogen and oxygen atoms in total. The van der Waals surface area contributed by atoms with E-state index in [2.05, 4.69) is 5.32 Å². The van der Waals surface area contributed by atoms with E-state index in [0.29, 0.717) is 18.1 Å². The maximum Gasteiger partial charge on any atom is 0.260 e. The number of amides is 3. The number of rotatable bonds is 8. The first-order valence-corrected chi connectivity index (χ1v) is 7.53. The zero-order valence-electron chi connectivity index (χ0n) is 13.1. The molecule has 23 heavy (non-hydrogen) atoms. The van der Waals surface area contributed by atoms with E-state index in [9.17, 15) is 14.4 Å². The van der Waals surface area contributed by atoms with Gasteiger partial charge in [0.1, 0.15) is 5.75 Å². The van der Waals surface area contributed by atoms with Gasteiger partial charge in [-0.25, -0.2) is 0 Å². The molecule has 0 aromatic heterocycles. The standard InChI is InChI=1S/C15H20ClN3O4/c1-3-18-13(20)8-19(4-2)14(21)9-23-12-6-5-10(16)7-11(12)15(17)22/h5-7H,3-4,8-9H2,1-2H3,(H2,17,22)(H,18,20). The number of carbonyl (C=O) groups excluding carboxylic acids is 3. The van der Waals surface area contributed by atoms with Gasteiger partial charge in [-0.2, -0.15) is 0 Å². The summed E-state index contributed by atoms with van der Waals surface area (Å²) in [6.07, 6.45) is 0. The van der Waals surface area contributed by atoms with Crippen LogP contribution >= 0.6 is 11.6 Å². The average molecular weight is 342 g/mol. The van der Waals surface area contributed by atoms with E-state index in [-0.39, 0.29) is 36.3 Å². The number of nitrogens with one attached hydrogen (secondary N) is 1. The van der Waals surface area contributed by atoms with E-state index in [1.807, 2.05) is 0 Å². The molecule has 3 amide bonds. The second-order valence-electron chi connectivity index (χ2n) is 4.65. The van der Waals surface area contributed by atoms with E-state index >= 15 is 0 Å². The van der Waals surface area contributed by atoms with Gasteiger partial charge >= 0.3 is 0 Å². The molecule has 0 radical (unpaired) electrons. The third-order valence-corrected chi connectivity index (χ3v) is 3.24. The molecule has 1 rings (SSSR count). The highest BCUT2D eigenvalue weighted by molar-refractivity contribution is 6.31. The van der Waals surface area contributed by atoms with Crippen LogP contribution < -0.4 is 15.8 Å². The highest BCUT2D eigenvalue weighted by Gasteiger charge is 2.17. The number of ether oxygens (including phenoxy) is 1. The van der Waals surface area contributed by atoms with Crippen molar-refractivity contribution in [2.24, 2.45) is 5.73 Å². The Bertz CT molecular complexity index is 592. The third kappa shape index (κ3) is 5.78. The van der Waals surface area contributed by atoms with Crippen molar-refractivity contribution < 1.29 is 19.1 Å². The lowest BCUT2D eigenvalue weighted by Crippen LogP contribution is -2.42. The molecule has 0 aliphatic rings. The maximum atomic E-state index is 12.1. The van der Waals surface area contributed by atoms with Crippen molar-refractivity contribution in [3.05, 3.63) is 28.8 Å². The highest BCUT2D eigenvalue weighted by Crippen LogP contribution is 2.22. The monoisotopic (exact) mass is 341 g/mol. The summed E-state index contributed by atoms with van der Waals surface area (Å²) in [7, 11) is 0. The van der Waals surface area contributed by atoms with Crippen LogP contribution in [0.25, 0.3) is 0 Å². The number of carbonyl (C=O) groups is 3. The van der Waals surface area contributed by atoms with Gasteiger partial charge in [0.25, 0.3) is 11.8 Å². The maximum absolute atomic E-state index is 12.1. The number of halogens is 1. The molecular formula is C15H20ClN3O4. The molecule has 8 heteroatoms. The first-order chi connectivity index (χ1) is 10.9. The van der Waals surface area contributed by atoms with Crippen LogP contribution in [-0.2, 0) is 9.59 Å². The lowest BCUT2D eigenvalue weighted by atomic mass is 10.2. The summed E-state index contributed by atoms with van der Waals surface area (Å²) >= 11 is 5.80. The van der Waals surface area contributed by atoms with Gasteiger partial charge in [-0.05, 0) is 32.0 Å². The van der Waals surface area contributed by atoms with Crippen LogP contribution in [0.4, 0.5) is 0 Å². The number of nitrogens with zero attached hydrogens (tertiary/aromatic N) is 1. The van der Waals surface area contributed by atoms with Crippen molar-refractivity contribution in [2.45, 2.75) is 13.8 Å². The van der Waals surface area contributed by atoms with Crippen LogP contribution in [-0.4, -0.2) is 48.9 Å². The molecule has 0 atom stereocenters. The molecule has 126 valence electrons. The predicted octanol–water partition coefficient (Wildman–Crippen LogP) is 0.802. The Morgan fingerprint density at radius 2 is 2.00 bits per heavy atom. The van der Waals surface area contributed by atoms with Crippen molar-refractivity contribution in [3.63, 3.8) is 0 Å². The first-order valence-electron chi connectivity index (χ1n) is 7.15. The van der Waals surface area contributed by atoms with Gasteiger partial charge in [-0.1, -0.05) is 11.6 Å². The lowest BCUT2D eigenvalue weighted by Gasteiger charge is -2.20. The normalized spacial score (nSPS) is 10.0. The van der Waals surface area contributed by atoms with E-state index in [0.717, 1.165) is 0 Å². The molecule has 0 heterocycles. The minimum Gasteiger partial charge on any atom is -0.483 e. The van der Waals surface area contributed by atoms with Gasteiger partial charge in [0.05, 0.1) is 12.1 Å². The summed E-state index contributed by atoms with van der Waals surface area (Å²) in [6, 6.07) is 4.37. The van der Waals surface area contributed by atoms with Crippen LogP contribution in [0, 0.1) is 0 Å². The smallest absolute Gasteiger partial charge is 0.260 e. The number of nitrogens with two attached hydrogens (primary N) is 1. The lowest BCUT2D eigenvalue weighted by molar-refractivity contribution is -0.137. The van der Waals surface area contributed by atoms with E-state index < -0.39 is 5.91 Å². The number of hydrogen-bond acceptors (Lipinski definition) is 4. The molecular weight excluding hydrogens is 322 g/mol. The molecule has 0 spiro atoms. The Hall–Kier alpha value is -2.28. The van der Waals surface area contributed by atoms with Crippen molar-refractivity contribution in [2.75, 3.05) is 26.2 Å². The van der Waals surface area contributed by atoms with Gasteiger partial charge in [0.2, 0.25) is 5.91 Å². The largest absolute Gasteiger partial charge is 0.483 e. The van der Waals surface area contributed by atoms with Crippen molar-refractivity contribution in [1.29, 1.82) is 0 Å². The van der Waals surface area contributed by atoms with Crippen LogP contribution in [0.15, 0.2) is 18.2 Å². The van der Waals surface area contributed by atoms with E-state index in [4.69, 9.17) is 22.1 Å². The zero-order valence-corrected chi connectivity index (χ0v) is 13.9. The average Bonchev–Trinajstić information content (AvgIpc) is 2.51. The molecule has 0 fully saturated rings. The van der Waals surface area contributed by atoms with Crippen molar-refractivity contribution in [1.82, 2.24) is 10.2 Å². The number of benzene rings is 1. The summed E-state index contributed by atoms with van der Waals surface area (Å²) in [4.78, 5) is 36.4. The number of likely N-dealkylation sites (N-methyl/N-ethyl adjacent to an activating group) is 2. The number of hydrogen-bond donors (Lipinski definition) is 2. The van der Waals surface area contributed by atoms with Crippen LogP contribution in [0.3, 0.4) is 0 Å². The molecule has 1 aromatic rings. The van der Waals surface area contributed by atoms with Crippen molar-refractivity contribution in [3.8, 4) is 5.75 Å². The van der Waals surface area contributed by atoms with Gasteiger partial charge < -0.3 is 20.7 Å². The summed E-state index contributed by atoms with van der Waals surface area (Å²) in [5.74, 6) is -1.15. The van der Waals surface area contributed by atoms with Crippen LogP contribution in [0.1, 0.15) is 24.2 Å². The minimum atomic E-state index is -0.704. The Kier molecular flexibility index (Phi) is 7.34. The van der Waals surface area contributed by atoms with E-state index in [1.54, 1.807) is 13.8 Å². The molecule has 0 unspecified atom stereocenters. The fraction of sp³-hybridized carbons (Fsp3) is 0.400. The SMILES string of the molecule is CCNC(=O)CN(CC)C(=O)COc1ccc(Cl)cc1C(N)=O. The van der Waals surface area contributed by atoms with Gasteiger partial charge in [0, 0.05) is 18.1 Å². The summed E-state index contributed by atoms with van der Waals surface area (Å²) in [6.45, 7) is 4.06. The molecule has 0 bridgehead atoms. The topological polar surface area (TPSA) is 102 Å². The quantitative estimate of drug-likeness (QED) is 0.730. The van der Waals surface area contributed by atoms with E-state index in [1.165, 1.54) is 23.1 Å². The Labute approximate surface area is 139 Å². The Morgan fingerprint density at radius 1 is 1.30 bits per heavy atom. The van der Waals surface area contributed by atoms with Gasteiger partial charge in [-0.3, -0.25) is 14.4 Å². The molecule has 0 aliphatic heterocycles. The fourth-order valence-corrected chi connectivity index (χ4v) is 2.03. The van der Waals surface area contributed by atoms with Crippen molar-refractivity contribution >= 4 is 29.3 Å². The predicted molar refractivity (Wildman–Crippen MR) is 86.4 cm³/mol. The molecule has 3 N–H and O–H groups in total. The molecule has 0 aliphatic carbocycles. The fourth-order valence-electron chi connectivity index (χ4n) is 1.85. The summed E-state index contributed by atoms with van der Waals surface area (Å²) < 4.78 is 5.36. The highest BCUT2D eigenvalue weighted by atomic mass is 35.5. The van der Waals surface area contributed by atoms with Crippen LogP contribution in [0.5, 0.6) is 5.75 Å². The summed E-state index contributed by atoms with van der Waals surface area (Å²) in [5, 5.41) is 2.96. The minimum absolute atomic E-state index is 0.0458. The van der Waals surface area contributed by atoms with Crippen LogP contribution in [0.2, 0.25) is 5.02 Å². The molecule has 0 saturated carbocycles. The third-order valence-electron chi connectivity index (χ3n) is 3.00. The number of primary amides is 1. The zero-order chi connectivity index (χ0) is 17.4.